The highest BCUT2D eigenvalue weighted by Crippen LogP contribution is 2.52. The molecule has 12 nitrogen and oxygen atoms in total. The fraction of sp³-hybridized carbons (Fsp3) is 0.286. The largest absolute Gasteiger partial charge is 0.493 e. The van der Waals surface area contributed by atoms with Gasteiger partial charge in [-0.15, -0.1) is 0 Å². The van der Waals surface area contributed by atoms with Gasteiger partial charge in [-0.05, 0) is 72.5 Å². The highest BCUT2D eigenvalue weighted by Gasteiger charge is 2.33. The van der Waals surface area contributed by atoms with Crippen LogP contribution in [-0.4, -0.2) is 66.0 Å². The normalized spacial score (nSPS) is 12.7. The lowest BCUT2D eigenvalue weighted by Crippen LogP contribution is -2.29. The maximum absolute atomic E-state index is 14.7. The van der Waals surface area contributed by atoms with E-state index in [1.54, 1.807) is 69.0 Å². The van der Waals surface area contributed by atoms with Crippen molar-refractivity contribution >= 4 is 21.5 Å². The van der Waals surface area contributed by atoms with E-state index in [0.717, 1.165) is 22.3 Å². The van der Waals surface area contributed by atoms with Gasteiger partial charge in [0.15, 0.2) is 46.0 Å². The van der Waals surface area contributed by atoms with E-state index in [-0.39, 0.29) is 11.1 Å². The minimum absolute atomic E-state index is 0.192. The first-order valence-corrected chi connectivity index (χ1v) is 17.4. The van der Waals surface area contributed by atoms with Gasteiger partial charge in [0.1, 0.15) is 0 Å². The molecule has 0 saturated carbocycles. The molecule has 0 fully saturated rings. The van der Waals surface area contributed by atoms with Gasteiger partial charge in [-0.25, -0.2) is 0 Å². The number of aryl methyl sites for hydroxylation is 2. The molecule has 2 aromatic heterocycles. The SMILES string of the molecule is COc1cc2c(cc1OC)-c1c(-c3c4n(c(=O)c5cc(OC)c(OC)cc35)CCc3cc(OC)c(OC)cc3-4)c3cc(OC)c(OC)cc3c(=O)n1CC2. The molecule has 0 unspecified atom stereocenters. The van der Waals surface area contributed by atoms with Crippen LogP contribution >= 0.6 is 0 Å². The van der Waals surface area contributed by atoms with Crippen molar-refractivity contribution in [1.29, 1.82) is 0 Å². The van der Waals surface area contributed by atoms with Crippen LogP contribution in [0.15, 0.2) is 58.1 Å². The van der Waals surface area contributed by atoms with Gasteiger partial charge >= 0.3 is 0 Å². The lowest BCUT2D eigenvalue weighted by Gasteiger charge is -2.31. The maximum atomic E-state index is 14.7. The summed E-state index contributed by atoms with van der Waals surface area (Å²) < 4.78 is 49.9. The van der Waals surface area contributed by atoms with Crippen molar-refractivity contribution in [3.63, 3.8) is 0 Å². The molecule has 0 aliphatic carbocycles. The first kappa shape index (κ1) is 34.8. The average Bonchev–Trinajstić information content (AvgIpc) is 3.21. The standard InChI is InChI=1S/C42H40N2O10/c1-47-29-13-21-9-11-43-39(23(21)15-31(29)49-3)37(25-17-33(51-5)35(53-7)19-27(25)41(43)45)38-26-18-34(52-6)36(54-8)20-28(26)42(46)44-12-10-22-14-30(48-2)32(50-4)16-24(22)40(38)44/h13-20H,9-12H2,1-8H3. The second-order valence-electron chi connectivity index (χ2n) is 13.1. The van der Waals surface area contributed by atoms with E-state index < -0.39 is 0 Å². The Morgan fingerprint density at radius 3 is 0.981 bits per heavy atom. The van der Waals surface area contributed by atoms with Crippen molar-refractivity contribution in [2.45, 2.75) is 25.9 Å². The Hall–Kier alpha value is -6.30. The first-order valence-electron chi connectivity index (χ1n) is 17.4. The lowest BCUT2D eigenvalue weighted by atomic mass is 9.83. The zero-order valence-corrected chi connectivity index (χ0v) is 31.4. The van der Waals surface area contributed by atoms with Gasteiger partial charge in [0.05, 0.1) is 79.0 Å². The third kappa shape index (κ3) is 4.96. The number of methoxy groups -OCH3 is 8. The first-order chi connectivity index (χ1) is 26.2. The molecule has 0 radical (unpaired) electrons. The summed E-state index contributed by atoms with van der Waals surface area (Å²) in [6, 6.07) is 14.9. The van der Waals surface area contributed by atoms with Crippen LogP contribution in [0.2, 0.25) is 0 Å². The fourth-order valence-electron chi connectivity index (χ4n) is 8.20. The molecule has 4 aromatic carbocycles. The van der Waals surface area contributed by atoms with E-state index in [0.29, 0.717) is 116 Å². The number of rotatable bonds is 9. The molecule has 0 N–H and O–H groups in total. The number of ether oxygens (including phenoxy) is 8. The van der Waals surface area contributed by atoms with Crippen LogP contribution in [-0.2, 0) is 25.9 Å². The van der Waals surface area contributed by atoms with Gasteiger partial charge in [-0.1, -0.05) is 0 Å². The van der Waals surface area contributed by atoms with E-state index in [4.69, 9.17) is 37.9 Å². The molecule has 0 atom stereocenters. The van der Waals surface area contributed by atoms with E-state index in [1.807, 2.05) is 45.5 Å². The van der Waals surface area contributed by atoms with Gasteiger partial charge < -0.3 is 47.0 Å². The fourth-order valence-corrected chi connectivity index (χ4v) is 8.20. The van der Waals surface area contributed by atoms with Gasteiger partial charge in [-0.2, -0.15) is 0 Å². The predicted octanol–water partition coefficient (Wildman–Crippen LogP) is 6.50. The Bertz CT molecular complexity index is 2470. The molecule has 6 aromatic rings. The summed E-state index contributed by atoms with van der Waals surface area (Å²) in [4.78, 5) is 29.5. The molecule has 278 valence electrons. The van der Waals surface area contributed by atoms with Crippen LogP contribution in [0, 0.1) is 0 Å². The van der Waals surface area contributed by atoms with Gasteiger partial charge in [0.2, 0.25) is 0 Å². The van der Waals surface area contributed by atoms with E-state index in [9.17, 15) is 9.59 Å². The Morgan fingerprint density at radius 1 is 0.389 bits per heavy atom. The zero-order valence-electron chi connectivity index (χ0n) is 31.4. The van der Waals surface area contributed by atoms with Crippen LogP contribution in [0.1, 0.15) is 11.1 Å². The maximum Gasteiger partial charge on any atom is 0.259 e. The summed E-state index contributed by atoms with van der Waals surface area (Å²) in [5.74, 6) is 3.92. The highest BCUT2D eigenvalue weighted by atomic mass is 16.5. The van der Waals surface area contributed by atoms with Crippen molar-refractivity contribution in [2.75, 3.05) is 56.9 Å². The summed E-state index contributed by atoms with van der Waals surface area (Å²) in [6.07, 6.45) is 1.14. The van der Waals surface area contributed by atoms with Gasteiger partial charge in [0.25, 0.3) is 11.1 Å². The van der Waals surface area contributed by atoms with Crippen molar-refractivity contribution < 1.29 is 37.9 Å². The third-order valence-electron chi connectivity index (χ3n) is 10.7. The van der Waals surface area contributed by atoms with Crippen molar-refractivity contribution in [3.8, 4) is 79.6 Å². The highest BCUT2D eigenvalue weighted by molar-refractivity contribution is 6.15. The minimum atomic E-state index is -0.192. The average molecular weight is 733 g/mol. The molecule has 0 amide bonds. The second-order valence-corrected chi connectivity index (χ2v) is 13.1. The quantitative estimate of drug-likeness (QED) is 0.163. The smallest absolute Gasteiger partial charge is 0.259 e. The van der Waals surface area contributed by atoms with E-state index in [1.165, 1.54) is 0 Å². The molecule has 4 heterocycles. The summed E-state index contributed by atoms with van der Waals surface area (Å²) in [5.41, 5.74) is 5.90. The lowest BCUT2D eigenvalue weighted by molar-refractivity contribution is 0.354. The number of benzene rings is 4. The van der Waals surface area contributed by atoms with E-state index >= 15 is 0 Å². The molecule has 0 saturated heterocycles. The Kier molecular flexibility index (Phi) is 8.55. The summed E-state index contributed by atoms with van der Waals surface area (Å²) in [7, 11) is 12.6. The van der Waals surface area contributed by atoms with Crippen molar-refractivity contribution in [3.05, 3.63) is 80.4 Å². The predicted molar refractivity (Wildman–Crippen MR) is 206 cm³/mol. The molecule has 2 aliphatic heterocycles. The topological polar surface area (TPSA) is 118 Å². The van der Waals surface area contributed by atoms with Crippen molar-refractivity contribution in [2.24, 2.45) is 0 Å². The molecule has 12 heteroatoms. The molecule has 8 rings (SSSR count). The van der Waals surface area contributed by atoms with Gasteiger partial charge in [0, 0.05) is 46.1 Å². The van der Waals surface area contributed by atoms with Crippen LogP contribution in [0.4, 0.5) is 0 Å². The van der Waals surface area contributed by atoms with Crippen molar-refractivity contribution in [1.82, 2.24) is 9.13 Å². The number of fused-ring (bicyclic) bond motifs is 8. The number of nitrogens with zero attached hydrogens (tertiary/aromatic N) is 2. The summed E-state index contributed by atoms with van der Waals surface area (Å²) in [5, 5.41) is 2.07. The van der Waals surface area contributed by atoms with Crippen LogP contribution in [0.5, 0.6) is 46.0 Å². The number of pyridine rings is 2. The molecule has 2 aliphatic rings. The molecular formula is C42H40N2O10. The minimum Gasteiger partial charge on any atom is -0.493 e. The molecule has 0 bridgehead atoms. The Morgan fingerprint density at radius 2 is 0.667 bits per heavy atom. The van der Waals surface area contributed by atoms with Crippen LogP contribution in [0.3, 0.4) is 0 Å². The number of hydrogen-bond acceptors (Lipinski definition) is 10. The monoisotopic (exact) mass is 732 g/mol. The summed E-state index contributed by atoms with van der Waals surface area (Å²) >= 11 is 0. The van der Waals surface area contributed by atoms with Crippen LogP contribution < -0.4 is 49.0 Å². The van der Waals surface area contributed by atoms with Gasteiger partial charge in [-0.3, -0.25) is 9.59 Å². The molecule has 54 heavy (non-hydrogen) atoms. The Labute approximate surface area is 310 Å². The zero-order chi connectivity index (χ0) is 38.0. The second kappa shape index (κ2) is 13.3. The molecular weight excluding hydrogens is 692 g/mol. The Balaban J connectivity index is 1.68. The number of aromatic nitrogens is 2. The molecule has 0 spiro atoms. The van der Waals surface area contributed by atoms with Crippen LogP contribution in [0.25, 0.3) is 55.2 Å². The summed E-state index contributed by atoms with van der Waals surface area (Å²) in [6.45, 7) is 0.777. The number of hydrogen-bond donors (Lipinski definition) is 0. The van der Waals surface area contributed by atoms with E-state index in [2.05, 4.69) is 0 Å². The third-order valence-corrected chi connectivity index (χ3v) is 10.7.